The monoisotopic (exact) mass is 579 g/mol. The van der Waals surface area contributed by atoms with E-state index in [-0.39, 0.29) is 29.9 Å². The van der Waals surface area contributed by atoms with Crippen molar-refractivity contribution < 1.29 is 28.2 Å². The Morgan fingerprint density at radius 2 is 1.61 bits per heavy atom. The van der Waals surface area contributed by atoms with Crippen LogP contribution in [0.3, 0.4) is 0 Å². The molecule has 3 aromatic carbocycles. The molecule has 4 rings (SSSR count). The molecule has 12 heteroatoms. The van der Waals surface area contributed by atoms with Crippen molar-refractivity contribution in [3.05, 3.63) is 82.9 Å². The van der Waals surface area contributed by atoms with Gasteiger partial charge < -0.3 is 24.8 Å². The second-order valence-electron chi connectivity index (χ2n) is 8.96. The van der Waals surface area contributed by atoms with Gasteiger partial charge in [-0.25, -0.2) is 4.39 Å². The number of anilines is 1. The van der Waals surface area contributed by atoms with Gasteiger partial charge in [-0.1, -0.05) is 23.9 Å². The van der Waals surface area contributed by atoms with Gasteiger partial charge in [0.1, 0.15) is 5.82 Å². The lowest BCUT2D eigenvalue weighted by Gasteiger charge is -2.15. The summed E-state index contributed by atoms with van der Waals surface area (Å²) in [6.45, 7) is 3.99. The first-order valence-electron chi connectivity index (χ1n) is 12.5. The van der Waals surface area contributed by atoms with Crippen LogP contribution in [-0.2, 0) is 11.3 Å². The van der Waals surface area contributed by atoms with Crippen LogP contribution in [0.15, 0.2) is 59.8 Å². The average Bonchev–Trinajstić information content (AvgIpc) is 3.38. The number of methoxy groups -OCH3 is 3. The zero-order chi connectivity index (χ0) is 29.5. The number of carbonyl (C=O) groups is 2. The Morgan fingerprint density at radius 3 is 2.24 bits per heavy atom. The number of carbonyl (C=O) groups excluding carboxylic acids is 2. The third-order valence-electron chi connectivity index (χ3n) is 6.10. The quantitative estimate of drug-likeness (QED) is 0.246. The number of thioether (sulfide) groups is 1. The van der Waals surface area contributed by atoms with Crippen LogP contribution in [0.5, 0.6) is 17.2 Å². The first-order valence-corrected chi connectivity index (χ1v) is 13.5. The normalized spacial score (nSPS) is 10.7. The van der Waals surface area contributed by atoms with Gasteiger partial charge in [-0.05, 0) is 67.4 Å². The minimum atomic E-state index is -0.385. The van der Waals surface area contributed by atoms with Crippen LogP contribution < -0.4 is 24.8 Å². The molecule has 0 bridgehead atoms. The van der Waals surface area contributed by atoms with E-state index in [0.717, 1.165) is 16.8 Å². The van der Waals surface area contributed by atoms with Gasteiger partial charge in [0.25, 0.3) is 5.91 Å². The lowest BCUT2D eigenvalue weighted by atomic mass is 10.1. The van der Waals surface area contributed by atoms with E-state index in [1.54, 1.807) is 12.1 Å². The smallest absolute Gasteiger partial charge is 0.251 e. The molecule has 2 N–H and O–H groups in total. The Kier molecular flexibility index (Phi) is 9.45. The largest absolute Gasteiger partial charge is 0.493 e. The highest BCUT2D eigenvalue weighted by Gasteiger charge is 2.20. The number of ether oxygens (including phenoxy) is 3. The van der Waals surface area contributed by atoms with E-state index >= 15 is 0 Å². The van der Waals surface area contributed by atoms with Gasteiger partial charge in [-0.3, -0.25) is 14.2 Å². The molecule has 0 radical (unpaired) electrons. The van der Waals surface area contributed by atoms with Gasteiger partial charge in [-0.15, -0.1) is 10.2 Å². The fourth-order valence-electron chi connectivity index (χ4n) is 4.04. The van der Waals surface area contributed by atoms with E-state index in [9.17, 15) is 14.0 Å². The fraction of sp³-hybridized carbons (Fsp3) is 0.241. The first kappa shape index (κ1) is 29.4. The molecule has 41 heavy (non-hydrogen) atoms. The summed E-state index contributed by atoms with van der Waals surface area (Å²) >= 11 is 1.20. The summed E-state index contributed by atoms with van der Waals surface area (Å²) in [5, 5.41) is 14.7. The summed E-state index contributed by atoms with van der Waals surface area (Å²) in [4.78, 5) is 25.7. The third kappa shape index (κ3) is 6.95. The van der Waals surface area contributed by atoms with E-state index in [1.165, 1.54) is 57.4 Å². The maximum Gasteiger partial charge on any atom is 0.251 e. The van der Waals surface area contributed by atoms with Crippen molar-refractivity contribution in [2.75, 3.05) is 32.4 Å². The third-order valence-corrected chi connectivity index (χ3v) is 7.03. The zero-order valence-electron chi connectivity index (χ0n) is 23.3. The maximum atomic E-state index is 13.2. The highest BCUT2D eigenvalue weighted by Crippen LogP contribution is 2.38. The second kappa shape index (κ2) is 13.2. The van der Waals surface area contributed by atoms with Gasteiger partial charge >= 0.3 is 0 Å². The topological polar surface area (TPSA) is 117 Å². The van der Waals surface area contributed by atoms with Crippen LogP contribution in [-0.4, -0.2) is 53.7 Å². The van der Waals surface area contributed by atoms with Gasteiger partial charge in [-0.2, -0.15) is 0 Å². The van der Waals surface area contributed by atoms with Gasteiger partial charge in [0, 0.05) is 11.3 Å². The molecule has 0 unspecified atom stereocenters. The Labute approximate surface area is 241 Å². The summed E-state index contributed by atoms with van der Waals surface area (Å²) in [6, 6.07) is 14.6. The van der Waals surface area contributed by atoms with Crippen molar-refractivity contribution in [2.24, 2.45) is 0 Å². The van der Waals surface area contributed by atoms with E-state index in [4.69, 9.17) is 14.2 Å². The highest BCUT2D eigenvalue weighted by atomic mass is 32.2. The van der Waals surface area contributed by atoms with E-state index < -0.39 is 0 Å². The van der Waals surface area contributed by atoms with Crippen LogP contribution in [0.4, 0.5) is 10.1 Å². The fourth-order valence-corrected chi connectivity index (χ4v) is 4.81. The number of benzene rings is 3. The predicted molar refractivity (Wildman–Crippen MR) is 154 cm³/mol. The van der Waals surface area contributed by atoms with Crippen molar-refractivity contribution >= 4 is 29.3 Å². The molecule has 0 aliphatic heterocycles. The Bertz CT molecular complexity index is 1530. The van der Waals surface area contributed by atoms with Gasteiger partial charge in [0.05, 0.1) is 39.3 Å². The Balaban J connectivity index is 1.57. The Morgan fingerprint density at radius 1 is 0.927 bits per heavy atom. The summed E-state index contributed by atoms with van der Waals surface area (Å²) in [5.74, 6) is 0.553. The van der Waals surface area contributed by atoms with Crippen molar-refractivity contribution in [3.8, 4) is 22.9 Å². The number of nitrogens with zero attached hydrogens (tertiary/aromatic N) is 3. The number of aryl methyl sites for hydroxylation is 2. The molecule has 1 aromatic heterocycles. The first-order chi connectivity index (χ1) is 19.7. The molecular formula is C29H30FN5O5S. The molecule has 0 saturated carbocycles. The van der Waals surface area contributed by atoms with Crippen LogP contribution in [0, 0.1) is 19.7 Å². The molecule has 10 nitrogen and oxygen atoms in total. The molecule has 4 aromatic rings. The molecule has 1 heterocycles. The molecule has 0 aliphatic carbocycles. The van der Waals surface area contributed by atoms with E-state index in [1.807, 2.05) is 36.6 Å². The predicted octanol–water partition coefficient (Wildman–Crippen LogP) is 4.71. The summed E-state index contributed by atoms with van der Waals surface area (Å²) in [6.07, 6.45) is 0. The van der Waals surface area contributed by atoms with Crippen molar-refractivity contribution in [2.45, 2.75) is 25.5 Å². The molecule has 214 valence electrons. The van der Waals surface area contributed by atoms with Gasteiger partial charge in [0.15, 0.2) is 22.5 Å². The number of hydrogen-bond donors (Lipinski definition) is 2. The number of aromatic nitrogens is 3. The van der Waals surface area contributed by atoms with Crippen molar-refractivity contribution in [1.29, 1.82) is 0 Å². The molecule has 2 amide bonds. The number of hydrogen-bond acceptors (Lipinski definition) is 8. The standard InChI is InChI=1S/C29H30FN5O5S/c1-17-6-7-18(2)22(12-17)35-25(15-31-28(37)19-13-23(38-3)27(40-5)24(14-19)39-4)33-34-29(35)41-16-26(36)32-21-10-8-20(30)9-11-21/h6-14H,15-16H2,1-5H3,(H,31,37)(H,32,36). The van der Waals surface area contributed by atoms with E-state index in [0.29, 0.717) is 39.5 Å². The summed E-state index contributed by atoms with van der Waals surface area (Å²) in [7, 11) is 4.44. The molecule has 0 atom stereocenters. The number of nitrogens with one attached hydrogen (secondary N) is 2. The minimum Gasteiger partial charge on any atom is -0.493 e. The van der Waals surface area contributed by atoms with Gasteiger partial charge in [0.2, 0.25) is 11.7 Å². The average molecular weight is 580 g/mol. The SMILES string of the molecule is COc1cc(C(=O)NCc2nnc(SCC(=O)Nc3ccc(F)cc3)n2-c2cc(C)ccc2C)cc(OC)c1OC. The Hall–Kier alpha value is -4.58. The molecule has 0 spiro atoms. The zero-order valence-corrected chi connectivity index (χ0v) is 24.1. The lowest BCUT2D eigenvalue weighted by Crippen LogP contribution is -2.25. The number of rotatable bonds is 11. The minimum absolute atomic E-state index is 0.0399. The second-order valence-corrected chi connectivity index (χ2v) is 9.91. The molecular weight excluding hydrogens is 549 g/mol. The maximum absolute atomic E-state index is 13.2. The van der Waals surface area contributed by atoms with Crippen LogP contribution in [0.2, 0.25) is 0 Å². The van der Waals surface area contributed by atoms with Crippen LogP contribution in [0.1, 0.15) is 27.3 Å². The summed E-state index contributed by atoms with van der Waals surface area (Å²) in [5.41, 5.74) is 3.61. The molecule has 0 saturated heterocycles. The molecule has 0 fully saturated rings. The van der Waals surface area contributed by atoms with Crippen molar-refractivity contribution in [1.82, 2.24) is 20.1 Å². The van der Waals surface area contributed by atoms with E-state index in [2.05, 4.69) is 20.8 Å². The van der Waals surface area contributed by atoms with Crippen molar-refractivity contribution in [3.63, 3.8) is 0 Å². The highest BCUT2D eigenvalue weighted by molar-refractivity contribution is 7.99. The van der Waals surface area contributed by atoms with Crippen LogP contribution in [0.25, 0.3) is 5.69 Å². The summed E-state index contributed by atoms with van der Waals surface area (Å²) < 4.78 is 31.1. The molecule has 0 aliphatic rings. The number of amides is 2. The van der Waals surface area contributed by atoms with Crippen LogP contribution >= 0.6 is 11.8 Å². The lowest BCUT2D eigenvalue weighted by molar-refractivity contribution is -0.113. The number of halogens is 1.